The molecule has 0 aliphatic carbocycles. The topological polar surface area (TPSA) is 51.8 Å². The Bertz CT molecular complexity index is 708. The number of nitrogen functional groups attached to an aromatic ring is 1. The average molecular weight is 261 g/mol. The minimum absolute atomic E-state index is 0.597. The monoisotopic (exact) mass is 261 g/mol. The van der Waals surface area contributed by atoms with Gasteiger partial charge in [0.05, 0.1) is 0 Å². The lowest BCUT2D eigenvalue weighted by molar-refractivity contribution is 1.15. The van der Waals surface area contributed by atoms with Crippen LogP contribution in [0.25, 0.3) is 11.1 Å². The highest BCUT2D eigenvalue weighted by Gasteiger charge is 2.03. The molecule has 0 bridgehead atoms. The van der Waals surface area contributed by atoms with Gasteiger partial charge in [0.2, 0.25) is 0 Å². The molecule has 3 nitrogen and oxygen atoms in total. The summed E-state index contributed by atoms with van der Waals surface area (Å²) in [6, 6.07) is 16.4. The zero-order chi connectivity index (χ0) is 13.8. The van der Waals surface area contributed by atoms with Crippen molar-refractivity contribution < 1.29 is 0 Å². The van der Waals surface area contributed by atoms with Gasteiger partial charge in [0.15, 0.2) is 0 Å². The van der Waals surface area contributed by atoms with Crippen molar-refractivity contribution in [2.75, 3.05) is 5.73 Å². The zero-order valence-electron chi connectivity index (χ0n) is 11.0. The van der Waals surface area contributed by atoms with Gasteiger partial charge >= 0.3 is 0 Å². The number of hydrogen-bond donors (Lipinski definition) is 1. The maximum atomic E-state index is 5.90. The molecular formula is C17H15N3. The fourth-order valence-electron chi connectivity index (χ4n) is 2.21. The lowest BCUT2D eigenvalue weighted by Crippen LogP contribution is -1.98. The lowest BCUT2D eigenvalue weighted by atomic mass is 10.0. The third-order valence-electron chi connectivity index (χ3n) is 3.24. The van der Waals surface area contributed by atoms with E-state index in [-0.39, 0.29) is 0 Å². The van der Waals surface area contributed by atoms with E-state index in [9.17, 15) is 0 Å². The minimum atomic E-state index is 0.597. The van der Waals surface area contributed by atoms with E-state index in [1.54, 1.807) is 12.4 Å². The van der Waals surface area contributed by atoms with Gasteiger partial charge in [-0.3, -0.25) is 4.98 Å². The molecule has 3 aromatic rings. The molecule has 3 heteroatoms. The normalized spacial score (nSPS) is 10.4. The van der Waals surface area contributed by atoms with E-state index in [0.717, 1.165) is 23.1 Å². The van der Waals surface area contributed by atoms with Crippen molar-refractivity contribution in [3.63, 3.8) is 0 Å². The average Bonchev–Trinajstić information content (AvgIpc) is 2.51. The Balaban J connectivity index is 1.91. The fourth-order valence-corrected chi connectivity index (χ4v) is 2.21. The standard InChI is InChI=1S/C17H15N3/c18-17-15(6-3-9-20-17)11-13-4-1-5-14(10-13)16-7-2-8-19-12-16/h1-10,12H,11H2,(H2,18,20). The highest BCUT2D eigenvalue weighted by molar-refractivity contribution is 5.63. The van der Waals surface area contributed by atoms with Crippen molar-refractivity contribution in [1.29, 1.82) is 0 Å². The van der Waals surface area contributed by atoms with Gasteiger partial charge in [-0.1, -0.05) is 36.4 Å². The maximum Gasteiger partial charge on any atom is 0.126 e. The van der Waals surface area contributed by atoms with Crippen LogP contribution in [-0.2, 0) is 6.42 Å². The summed E-state index contributed by atoms with van der Waals surface area (Å²) in [7, 11) is 0. The molecule has 2 aromatic heterocycles. The molecule has 0 saturated carbocycles. The number of hydrogen-bond acceptors (Lipinski definition) is 3. The van der Waals surface area contributed by atoms with E-state index in [4.69, 9.17) is 5.73 Å². The Morgan fingerprint density at radius 1 is 0.900 bits per heavy atom. The van der Waals surface area contributed by atoms with Crippen LogP contribution in [0.3, 0.4) is 0 Å². The van der Waals surface area contributed by atoms with E-state index in [1.165, 1.54) is 5.56 Å². The van der Waals surface area contributed by atoms with Gasteiger partial charge in [-0.2, -0.15) is 0 Å². The van der Waals surface area contributed by atoms with E-state index in [2.05, 4.69) is 40.3 Å². The van der Waals surface area contributed by atoms with Gasteiger partial charge in [-0.25, -0.2) is 4.98 Å². The predicted molar refractivity (Wildman–Crippen MR) is 81.1 cm³/mol. The SMILES string of the molecule is Nc1ncccc1Cc1cccc(-c2cccnc2)c1. The van der Waals surface area contributed by atoms with Crippen LogP contribution in [0.15, 0.2) is 67.1 Å². The number of benzene rings is 1. The van der Waals surface area contributed by atoms with Crippen molar-refractivity contribution in [3.8, 4) is 11.1 Å². The molecule has 2 N–H and O–H groups in total. The van der Waals surface area contributed by atoms with Crippen molar-refractivity contribution in [2.24, 2.45) is 0 Å². The summed E-state index contributed by atoms with van der Waals surface area (Å²) in [4.78, 5) is 8.28. The highest BCUT2D eigenvalue weighted by atomic mass is 14.8. The summed E-state index contributed by atoms with van der Waals surface area (Å²) < 4.78 is 0. The third-order valence-corrected chi connectivity index (χ3v) is 3.24. The quantitative estimate of drug-likeness (QED) is 0.787. The van der Waals surface area contributed by atoms with Crippen molar-refractivity contribution in [2.45, 2.75) is 6.42 Å². The molecule has 0 aliphatic heterocycles. The molecule has 0 unspecified atom stereocenters. The zero-order valence-corrected chi connectivity index (χ0v) is 11.0. The molecule has 0 spiro atoms. The Morgan fingerprint density at radius 3 is 2.55 bits per heavy atom. The highest BCUT2D eigenvalue weighted by Crippen LogP contribution is 2.21. The number of nitrogens with two attached hydrogens (primary N) is 1. The second kappa shape index (κ2) is 5.53. The maximum absolute atomic E-state index is 5.90. The van der Waals surface area contributed by atoms with Crippen molar-refractivity contribution >= 4 is 5.82 Å². The molecule has 20 heavy (non-hydrogen) atoms. The number of rotatable bonds is 3. The van der Waals surface area contributed by atoms with Gasteiger partial charge in [-0.05, 0) is 34.4 Å². The Kier molecular flexibility index (Phi) is 3.42. The second-order valence-electron chi connectivity index (χ2n) is 4.67. The summed E-state index contributed by atoms with van der Waals surface area (Å²) in [5, 5.41) is 0. The summed E-state index contributed by atoms with van der Waals surface area (Å²) in [6.45, 7) is 0. The number of pyridine rings is 2. The van der Waals surface area contributed by atoms with Crippen LogP contribution in [0.2, 0.25) is 0 Å². The Hall–Kier alpha value is -2.68. The first kappa shape index (κ1) is 12.4. The minimum Gasteiger partial charge on any atom is -0.383 e. The number of anilines is 1. The summed E-state index contributed by atoms with van der Waals surface area (Å²) in [5.74, 6) is 0.597. The predicted octanol–water partition coefficient (Wildman–Crippen LogP) is 3.32. The molecule has 0 aliphatic rings. The first-order chi connectivity index (χ1) is 9.83. The van der Waals surface area contributed by atoms with Crippen molar-refractivity contribution in [1.82, 2.24) is 9.97 Å². The lowest BCUT2D eigenvalue weighted by Gasteiger charge is -2.07. The van der Waals surface area contributed by atoms with E-state index in [1.807, 2.05) is 24.4 Å². The number of aromatic nitrogens is 2. The summed E-state index contributed by atoms with van der Waals surface area (Å²) >= 11 is 0. The molecule has 1 aromatic carbocycles. The van der Waals surface area contributed by atoms with E-state index >= 15 is 0 Å². The first-order valence-electron chi connectivity index (χ1n) is 6.51. The third kappa shape index (κ3) is 2.67. The van der Waals surface area contributed by atoms with Gasteiger partial charge in [0.25, 0.3) is 0 Å². The van der Waals surface area contributed by atoms with E-state index in [0.29, 0.717) is 5.82 Å². The first-order valence-corrected chi connectivity index (χ1v) is 6.51. The molecule has 3 rings (SSSR count). The van der Waals surface area contributed by atoms with Crippen LogP contribution in [0.4, 0.5) is 5.82 Å². The van der Waals surface area contributed by atoms with E-state index < -0.39 is 0 Å². The summed E-state index contributed by atoms with van der Waals surface area (Å²) in [6.07, 6.45) is 6.15. The summed E-state index contributed by atoms with van der Waals surface area (Å²) in [5.41, 5.74) is 10.4. The van der Waals surface area contributed by atoms with Gasteiger partial charge in [0, 0.05) is 25.0 Å². The molecule has 0 fully saturated rings. The molecule has 0 radical (unpaired) electrons. The van der Waals surface area contributed by atoms with Crippen molar-refractivity contribution in [3.05, 3.63) is 78.2 Å². The smallest absolute Gasteiger partial charge is 0.126 e. The van der Waals surface area contributed by atoms with Crippen LogP contribution in [0, 0.1) is 0 Å². The molecule has 0 amide bonds. The molecule has 0 atom stereocenters. The largest absolute Gasteiger partial charge is 0.383 e. The second-order valence-corrected chi connectivity index (χ2v) is 4.67. The Labute approximate surface area is 118 Å². The van der Waals surface area contributed by atoms with Crippen LogP contribution in [0.5, 0.6) is 0 Å². The molecule has 0 saturated heterocycles. The van der Waals surface area contributed by atoms with Gasteiger partial charge in [-0.15, -0.1) is 0 Å². The fraction of sp³-hybridized carbons (Fsp3) is 0.0588. The van der Waals surface area contributed by atoms with Crippen LogP contribution < -0.4 is 5.73 Å². The molecular weight excluding hydrogens is 246 g/mol. The van der Waals surface area contributed by atoms with Gasteiger partial charge < -0.3 is 5.73 Å². The molecule has 98 valence electrons. The van der Waals surface area contributed by atoms with Crippen LogP contribution in [0.1, 0.15) is 11.1 Å². The Morgan fingerprint density at radius 2 is 1.75 bits per heavy atom. The number of nitrogens with zero attached hydrogens (tertiary/aromatic N) is 2. The van der Waals surface area contributed by atoms with Gasteiger partial charge in [0.1, 0.15) is 5.82 Å². The van der Waals surface area contributed by atoms with Crippen LogP contribution >= 0.6 is 0 Å². The van der Waals surface area contributed by atoms with Crippen LogP contribution in [-0.4, -0.2) is 9.97 Å². The molecule has 2 heterocycles.